The molecule has 0 fully saturated rings. The molecule has 15 heavy (non-hydrogen) atoms. The third-order valence-electron chi connectivity index (χ3n) is 2.14. The van der Waals surface area contributed by atoms with E-state index in [-0.39, 0.29) is 6.10 Å². The van der Waals surface area contributed by atoms with Crippen molar-refractivity contribution in [3.8, 4) is 11.5 Å². The van der Waals surface area contributed by atoms with Gasteiger partial charge in [0.05, 0.1) is 6.10 Å². The molecule has 0 bridgehead atoms. The number of aliphatic hydroxyl groups is 1. The molecule has 0 saturated carbocycles. The highest BCUT2D eigenvalue weighted by molar-refractivity contribution is 5.55. The number of ether oxygens (including phenoxy) is 2. The zero-order valence-corrected chi connectivity index (χ0v) is 8.69. The van der Waals surface area contributed by atoms with Gasteiger partial charge in [-0.1, -0.05) is 0 Å². The molecular weight excluding hydrogens is 194 g/mol. The lowest BCUT2D eigenvalue weighted by Crippen LogP contribution is -2.17. The van der Waals surface area contributed by atoms with E-state index in [1.165, 1.54) is 0 Å². The molecule has 0 radical (unpaired) electrons. The predicted octanol–water partition coefficient (Wildman–Crippen LogP) is 1.25. The number of fused-ring (bicyclic) bond motifs is 1. The summed E-state index contributed by atoms with van der Waals surface area (Å²) in [5, 5.41) is 12.2. The minimum atomic E-state index is -0.363. The molecular formula is C11H15NO3. The Kier molecular flexibility index (Phi) is 2.97. The van der Waals surface area contributed by atoms with E-state index in [1.54, 1.807) is 6.92 Å². The first-order valence-electron chi connectivity index (χ1n) is 5.07. The average molecular weight is 209 g/mol. The number of nitrogens with one attached hydrogen (secondary N) is 1. The Bertz CT molecular complexity index is 339. The van der Waals surface area contributed by atoms with Gasteiger partial charge in [0, 0.05) is 18.3 Å². The van der Waals surface area contributed by atoms with E-state index in [4.69, 9.17) is 14.6 Å². The number of hydrogen-bond donors (Lipinski definition) is 2. The van der Waals surface area contributed by atoms with E-state index < -0.39 is 0 Å². The summed E-state index contributed by atoms with van der Waals surface area (Å²) >= 11 is 0. The van der Waals surface area contributed by atoms with Crippen LogP contribution in [0.2, 0.25) is 0 Å². The molecule has 0 amide bonds. The van der Waals surface area contributed by atoms with Crippen molar-refractivity contribution in [2.24, 2.45) is 0 Å². The zero-order chi connectivity index (χ0) is 10.7. The number of aliphatic hydroxyl groups excluding tert-OH is 1. The van der Waals surface area contributed by atoms with Gasteiger partial charge in [0.25, 0.3) is 0 Å². The molecule has 4 heteroatoms. The van der Waals surface area contributed by atoms with Gasteiger partial charge in [0.1, 0.15) is 13.2 Å². The lowest BCUT2D eigenvalue weighted by Gasteiger charge is -2.19. The van der Waals surface area contributed by atoms with Crippen molar-refractivity contribution in [2.45, 2.75) is 13.0 Å². The normalized spacial score (nSPS) is 15.9. The molecule has 1 aromatic carbocycles. The first-order chi connectivity index (χ1) is 7.25. The van der Waals surface area contributed by atoms with E-state index in [2.05, 4.69) is 5.32 Å². The van der Waals surface area contributed by atoms with E-state index in [9.17, 15) is 0 Å². The summed E-state index contributed by atoms with van der Waals surface area (Å²) in [5.74, 6) is 1.54. The van der Waals surface area contributed by atoms with E-state index >= 15 is 0 Å². The Morgan fingerprint density at radius 1 is 1.33 bits per heavy atom. The van der Waals surface area contributed by atoms with Crippen molar-refractivity contribution in [2.75, 3.05) is 25.1 Å². The Morgan fingerprint density at radius 2 is 2.07 bits per heavy atom. The summed E-state index contributed by atoms with van der Waals surface area (Å²) in [4.78, 5) is 0. The van der Waals surface area contributed by atoms with Crippen molar-refractivity contribution in [1.82, 2.24) is 0 Å². The summed E-state index contributed by atoms with van der Waals surface area (Å²) in [6.07, 6.45) is -0.363. The molecule has 1 unspecified atom stereocenters. The second kappa shape index (κ2) is 4.40. The van der Waals surface area contributed by atoms with Gasteiger partial charge in [-0.3, -0.25) is 0 Å². The monoisotopic (exact) mass is 209 g/mol. The van der Waals surface area contributed by atoms with E-state index in [0.717, 1.165) is 17.2 Å². The topological polar surface area (TPSA) is 50.7 Å². The van der Waals surface area contributed by atoms with Crippen LogP contribution in [-0.2, 0) is 0 Å². The fourth-order valence-corrected chi connectivity index (χ4v) is 1.42. The largest absolute Gasteiger partial charge is 0.486 e. The summed E-state index contributed by atoms with van der Waals surface area (Å²) in [6, 6.07) is 5.67. The minimum Gasteiger partial charge on any atom is -0.486 e. The summed E-state index contributed by atoms with van der Waals surface area (Å²) in [6.45, 7) is 3.46. The molecule has 1 atom stereocenters. The van der Waals surface area contributed by atoms with Crippen LogP contribution < -0.4 is 14.8 Å². The lowest BCUT2D eigenvalue weighted by molar-refractivity contribution is 0.171. The molecule has 1 heterocycles. The maximum absolute atomic E-state index is 9.13. The molecule has 0 saturated heterocycles. The Morgan fingerprint density at radius 3 is 2.80 bits per heavy atom. The van der Waals surface area contributed by atoms with Gasteiger partial charge < -0.3 is 19.9 Å². The van der Waals surface area contributed by atoms with Crippen molar-refractivity contribution < 1.29 is 14.6 Å². The first-order valence-corrected chi connectivity index (χ1v) is 5.07. The van der Waals surface area contributed by atoms with Crippen LogP contribution in [0.1, 0.15) is 6.92 Å². The van der Waals surface area contributed by atoms with Crippen LogP contribution in [0.3, 0.4) is 0 Å². The molecule has 2 rings (SSSR count). The lowest BCUT2D eigenvalue weighted by atomic mass is 10.2. The molecule has 4 nitrogen and oxygen atoms in total. The third kappa shape index (κ3) is 2.53. The molecule has 2 N–H and O–H groups in total. The smallest absolute Gasteiger partial charge is 0.163 e. The Hall–Kier alpha value is -1.42. The van der Waals surface area contributed by atoms with Gasteiger partial charge in [0.15, 0.2) is 11.5 Å². The Balaban J connectivity index is 2.07. The number of rotatable bonds is 3. The predicted molar refractivity (Wildman–Crippen MR) is 57.6 cm³/mol. The number of hydrogen-bond acceptors (Lipinski definition) is 4. The summed E-state index contributed by atoms with van der Waals surface area (Å²) in [7, 11) is 0. The second-order valence-corrected chi connectivity index (χ2v) is 3.59. The van der Waals surface area contributed by atoms with Crippen LogP contribution in [0.4, 0.5) is 5.69 Å². The van der Waals surface area contributed by atoms with Gasteiger partial charge in [-0.25, -0.2) is 0 Å². The maximum atomic E-state index is 9.13. The fraction of sp³-hybridized carbons (Fsp3) is 0.455. The van der Waals surface area contributed by atoms with Crippen molar-refractivity contribution in [3.63, 3.8) is 0 Å². The molecule has 0 spiro atoms. The van der Waals surface area contributed by atoms with Crippen molar-refractivity contribution in [1.29, 1.82) is 0 Å². The van der Waals surface area contributed by atoms with Crippen LogP contribution in [0.5, 0.6) is 11.5 Å². The van der Waals surface area contributed by atoms with Crippen molar-refractivity contribution >= 4 is 5.69 Å². The minimum absolute atomic E-state index is 0.363. The molecule has 1 aliphatic heterocycles. The quantitative estimate of drug-likeness (QED) is 0.786. The molecule has 0 aromatic heterocycles. The number of benzene rings is 1. The molecule has 82 valence electrons. The zero-order valence-electron chi connectivity index (χ0n) is 8.69. The molecule has 1 aromatic rings. The fourth-order valence-electron chi connectivity index (χ4n) is 1.42. The summed E-state index contributed by atoms with van der Waals surface area (Å²) < 4.78 is 10.8. The SMILES string of the molecule is CC(O)CNc1ccc2c(c1)OCCO2. The van der Waals surface area contributed by atoms with E-state index in [0.29, 0.717) is 19.8 Å². The first kappa shape index (κ1) is 10.1. The van der Waals surface area contributed by atoms with Gasteiger partial charge in [-0.2, -0.15) is 0 Å². The highest BCUT2D eigenvalue weighted by Crippen LogP contribution is 2.32. The Labute approximate surface area is 88.8 Å². The highest BCUT2D eigenvalue weighted by Gasteiger charge is 2.11. The van der Waals surface area contributed by atoms with Crippen LogP contribution in [0.25, 0.3) is 0 Å². The molecule has 1 aliphatic rings. The van der Waals surface area contributed by atoms with Gasteiger partial charge >= 0.3 is 0 Å². The third-order valence-corrected chi connectivity index (χ3v) is 2.14. The van der Waals surface area contributed by atoms with E-state index in [1.807, 2.05) is 18.2 Å². The van der Waals surface area contributed by atoms with Crippen LogP contribution in [0, 0.1) is 0 Å². The van der Waals surface area contributed by atoms with Crippen LogP contribution in [0.15, 0.2) is 18.2 Å². The van der Waals surface area contributed by atoms with Gasteiger partial charge in [-0.15, -0.1) is 0 Å². The highest BCUT2D eigenvalue weighted by atomic mass is 16.6. The second-order valence-electron chi connectivity index (χ2n) is 3.59. The van der Waals surface area contributed by atoms with Crippen LogP contribution in [-0.4, -0.2) is 31.0 Å². The van der Waals surface area contributed by atoms with Gasteiger partial charge in [0.2, 0.25) is 0 Å². The van der Waals surface area contributed by atoms with Gasteiger partial charge in [-0.05, 0) is 19.1 Å². The number of anilines is 1. The van der Waals surface area contributed by atoms with Crippen LogP contribution >= 0.6 is 0 Å². The summed E-state index contributed by atoms with van der Waals surface area (Å²) in [5.41, 5.74) is 0.931. The average Bonchev–Trinajstić information content (AvgIpc) is 2.26. The standard InChI is InChI=1S/C11H15NO3/c1-8(13)7-12-9-2-3-10-11(6-9)15-5-4-14-10/h2-3,6,8,12-13H,4-5,7H2,1H3. The van der Waals surface area contributed by atoms with Crippen molar-refractivity contribution in [3.05, 3.63) is 18.2 Å². The maximum Gasteiger partial charge on any atom is 0.163 e. The molecule has 0 aliphatic carbocycles.